The van der Waals surface area contributed by atoms with E-state index < -0.39 is 5.82 Å². The molecule has 2 heterocycles. The molecule has 3 rings (SSSR count). The number of para-hydroxylation sites is 1. The molecule has 21 heavy (non-hydrogen) atoms. The number of carbonyl (C=O) groups is 1. The highest BCUT2D eigenvalue weighted by Crippen LogP contribution is 2.25. The van der Waals surface area contributed by atoms with Crippen molar-refractivity contribution in [3.05, 3.63) is 52.8 Å². The van der Waals surface area contributed by atoms with Gasteiger partial charge in [0.2, 0.25) is 5.78 Å². The quantitative estimate of drug-likeness (QED) is 0.691. The second kappa shape index (κ2) is 4.84. The summed E-state index contributed by atoms with van der Waals surface area (Å²) in [6.45, 7) is 6.29. The fraction of sp³-hybridized carbons (Fsp3) is 0.250. The van der Waals surface area contributed by atoms with E-state index in [1.807, 2.05) is 13.8 Å². The third-order valence-electron chi connectivity index (χ3n) is 3.63. The van der Waals surface area contributed by atoms with Gasteiger partial charge < -0.3 is 4.42 Å². The van der Waals surface area contributed by atoms with Gasteiger partial charge in [0.05, 0.1) is 11.3 Å². The maximum Gasteiger partial charge on any atom is 0.231 e. The van der Waals surface area contributed by atoms with Crippen LogP contribution in [0.15, 0.2) is 28.7 Å². The van der Waals surface area contributed by atoms with Crippen LogP contribution < -0.4 is 0 Å². The van der Waals surface area contributed by atoms with Gasteiger partial charge in [-0.2, -0.15) is 5.10 Å². The molecule has 4 nitrogen and oxygen atoms in total. The second-order valence-electron chi connectivity index (χ2n) is 4.96. The topological polar surface area (TPSA) is 48.0 Å². The summed E-state index contributed by atoms with van der Waals surface area (Å²) in [4.78, 5) is 12.6. The number of ketones is 1. The van der Waals surface area contributed by atoms with Gasteiger partial charge in [0.1, 0.15) is 0 Å². The Labute approximate surface area is 121 Å². The van der Waals surface area contributed by atoms with Crippen LogP contribution in [-0.2, 0) is 6.54 Å². The molecule has 0 fully saturated rings. The minimum atomic E-state index is -0.468. The minimum absolute atomic E-state index is 0.110. The molecular formula is C16H15FN2O2. The zero-order valence-electron chi connectivity index (χ0n) is 12.1. The minimum Gasteiger partial charge on any atom is -0.449 e. The number of hydrogen-bond acceptors (Lipinski definition) is 3. The van der Waals surface area contributed by atoms with Gasteiger partial charge in [-0.25, -0.2) is 4.39 Å². The molecule has 0 aliphatic heterocycles. The van der Waals surface area contributed by atoms with Gasteiger partial charge in [-0.3, -0.25) is 9.48 Å². The smallest absolute Gasteiger partial charge is 0.231 e. The normalized spacial score (nSPS) is 11.2. The van der Waals surface area contributed by atoms with E-state index in [9.17, 15) is 9.18 Å². The maximum absolute atomic E-state index is 13.7. The van der Waals surface area contributed by atoms with Gasteiger partial charge in [-0.05, 0) is 32.9 Å². The molecule has 0 atom stereocenters. The molecule has 0 saturated carbocycles. The highest BCUT2D eigenvalue weighted by Gasteiger charge is 2.23. The van der Waals surface area contributed by atoms with E-state index in [2.05, 4.69) is 5.10 Å². The lowest BCUT2D eigenvalue weighted by Crippen LogP contribution is -2.04. The lowest BCUT2D eigenvalue weighted by atomic mass is 10.1. The van der Waals surface area contributed by atoms with E-state index in [1.54, 1.807) is 29.8 Å². The molecule has 0 radical (unpaired) electrons. The SMILES string of the molecule is CCn1nc(C)c(C(=O)c2cc3cccc(F)c3o2)c1C. The lowest BCUT2D eigenvalue weighted by molar-refractivity contribution is 0.101. The number of hydrogen-bond donors (Lipinski definition) is 0. The van der Waals surface area contributed by atoms with Crippen LogP contribution in [0.4, 0.5) is 4.39 Å². The summed E-state index contributed by atoms with van der Waals surface area (Å²) in [5.74, 6) is -0.596. The number of benzene rings is 1. The van der Waals surface area contributed by atoms with Crippen molar-refractivity contribution >= 4 is 16.8 Å². The van der Waals surface area contributed by atoms with Crippen molar-refractivity contribution in [1.82, 2.24) is 9.78 Å². The number of nitrogens with zero attached hydrogens (tertiary/aromatic N) is 2. The van der Waals surface area contributed by atoms with Gasteiger partial charge in [-0.1, -0.05) is 12.1 Å². The predicted octanol–water partition coefficient (Wildman–Crippen LogP) is 3.64. The Morgan fingerprint density at radius 1 is 1.38 bits per heavy atom. The molecule has 0 amide bonds. The molecule has 0 unspecified atom stereocenters. The summed E-state index contributed by atoms with van der Waals surface area (Å²) in [5.41, 5.74) is 2.08. The Morgan fingerprint density at radius 3 is 2.76 bits per heavy atom. The number of aromatic nitrogens is 2. The van der Waals surface area contributed by atoms with Gasteiger partial charge >= 0.3 is 0 Å². The fourth-order valence-corrected chi connectivity index (χ4v) is 2.60. The van der Waals surface area contributed by atoms with Crippen molar-refractivity contribution in [2.24, 2.45) is 0 Å². The molecule has 0 bridgehead atoms. The third kappa shape index (κ3) is 2.05. The zero-order valence-corrected chi connectivity index (χ0v) is 12.1. The van der Waals surface area contributed by atoms with E-state index in [0.29, 0.717) is 23.2 Å². The Morgan fingerprint density at radius 2 is 2.14 bits per heavy atom. The average molecular weight is 286 g/mol. The Hall–Kier alpha value is -2.43. The summed E-state index contributed by atoms with van der Waals surface area (Å²) in [6, 6.07) is 6.19. The van der Waals surface area contributed by atoms with Crippen molar-refractivity contribution in [3.63, 3.8) is 0 Å². The first-order chi connectivity index (χ1) is 10.0. The highest BCUT2D eigenvalue weighted by atomic mass is 19.1. The molecule has 0 aliphatic carbocycles. The Kier molecular flexibility index (Phi) is 3.12. The monoisotopic (exact) mass is 286 g/mol. The van der Waals surface area contributed by atoms with Gasteiger partial charge in [0.15, 0.2) is 17.2 Å². The molecule has 3 aromatic rings. The number of furan rings is 1. The summed E-state index contributed by atoms with van der Waals surface area (Å²) >= 11 is 0. The maximum atomic E-state index is 13.7. The Bertz CT molecular complexity index is 845. The molecule has 0 saturated heterocycles. The van der Waals surface area contributed by atoms with Crippen LogP contribution in [0.5, 0.6) is 0 Å². The highest BCUT2D eigenvalue weighted by molar-refractivity contribution is 6.10. The van der Waals surface area contributed by atoms with Crippen molar-refractivity contribution in [2.45, 2.75) is 27.3 Å². The van der Waals surface area contributed by atoms with Crippen LogP contribution in [0.2, 0.25) is 0 Å². The number of fused-ring (bicyclic) bond motifs is 1. The van der Waals surface area contributed by atoms with Crippen molar-refractivity contribution in [3.8, 4) is 0 Å². The average Bonchev–Trinajstić information content (AvgIpc) is 3.01. The molecule has 2 aromatic heterocycles. The first-order valence-corrected chi connectivity index (χ1v) is 6.79. The van der Waals surface area contributed by atoms with Crippen LogP contribution in [-0.4, -0.2) is 15.6 Å². The van der Waals surface area contributed by atoms with Crippen LogP contribution in [0.25, 0.3) is 11.0 Å². The van der Waals surface area contributed by atoms with Crippen LogP contribution in [0, 0.1) is 19.7 Å². The molecule has 0 N–H and O–H groups in total. The van der Waals surface area contributed by atoms with E-state index >= 15 is 0 Å². The predicted molar refractivity (Wildman–Crippen MR) is 77.0 cm³/mol. The largest absolute Gasteiger partial charge is 0.449 e. The molecule has 5 heteroatoms. The van der Waals surface area contributed by atoms with Crippen LogP contribution in [0.3, 0.4) is 0 Å². The number of aryl methyl sites for hydroxylation is 2. The summed E-state index contributed by atoms with van der Waals surface area (Å²) in [6.07, 6.45) is 0. The third-order valence-corrected chi connectivity index (χ3v) is 3.63. The van der Waals surface area contributed by atoms with Crippen molar-refractivity contribution in [2.75, 3.05) is 0 Å². The van der Waals surface area contributed by atoms with Crippen molar-refractivity contribution < 1.29 is 13.6 Å². The van der Waals surface area contributed by atoms with Crippen LogP contribution >= 0.6 is 0 Å². The first kappa shape index (κ1) is 13.5. The standard InChI is InChI=1S/C16H15FN2O2/c1-4-19-10(3)14(9(2)18-19)15(20)13-8-11-6-5-7-12(17)16(11)21-13/h5-8H,4H2,1-3H3. The molecule has 0 spiro atoms. The Balaban J connectivity index is 2.13. The van der Waals surface area contributed by atoms with Crippen molar-refractivity contribution in [1.29, 1.82) is 0 Å². The van der Waals surface area contributed by atoms with E-state index in [1.165, 1.54) is 6.07 Å². The second-order valence-corrected chi connectivity index (χ2v) is 4.96. The molecule has 108 valence electrons. The number of halogens is 1. The lowest BCUT2D eigenvalue weighted by Gasteiger charge is -2.00. The van der Waals surface area contributed by atoms with Crippen LogP contribution in [0.1, 0.15) is 34.4 Å². The summed E-state index contributed by atoms with van der Waals surface area (Å²) in [5, 5.41) is 4.91. The molecule has 1 aromatic carbocycles. The fourth-order valence-electron chi connectivity index (χ4n) is 2.60. The first-order valence-electron chi connectivity index (χ1n) is 6.79. The summed E-state index contributed by atoms with van der Waals surface area (Å²) < 4.78 is 20.8. The molecule has 0 aliphatic rings. The number of rotatable bonds is 3. The van der Waals surface area contributed by atoms with E-state index in [-0.39, 0.29) is 17.1 Å². The molecular weight excluding hydrogens is 271 g/mol. The van der Waals surface area contributed by atoms with E-state index in [4.69, 9.17) is 4.42 Å². The summed E-state index contributed by atoms with van der Waals surface area (Å²) in [7, 11) is 0. The number of carbonyl (C=O) groups excluding carboxylic acids is 1. The zero-order chi connectivity index (χ0) is 15.1. The van der Waals surface area contributed by atoms with Gasteiger partial charge in [0, 0.05) is 17.6 Å². The van der Waals surface area contributed by atoms with Gasteiger partial charge in [0.25, 0.3) is 0 Å². The van der Waals surface area contributed by atoms with Gasteiger partial charge in [-0.15, -0.1) is 0 Å². The van der Waals surface area contributed by atoms with E-state index in [0.717, 1.165) is 5.69 Å².